The van der Waals surface area contributed by atoms with E-state index in [9.17, 15) is 0 Å². The van der Waals surface area contributed by atoms with E-state index in [1.54, 1.807) is 0 Å². The van der Waals surface area contributed by atoms with Crippen LogP contribution in [0.5, 0.6) is 0 Å². The van der Waals surface area contributed by atoms with Gasteiger partial charge in [0, 0.05) is 11.5 Å². The van der Waals surface area contributed by atoms with Gasteiger partial charge >= 0.3 is 0 Å². The van der Waals surface area contributed by atoms with E-state index in [4.69, 9.17) is 5.73 Å². The highest BCUT2D eigenvalue weighted by Gasteiger charge is 2.17. The average molecular weight is 189 g/mol. The van der Waals surface area contributed by atoms with Gasteiger partial charge in [-0.15, -0.1) is 6.58 Å². The fourth-order valence-corrected chi connectivity index (χ4v) is 1.60. The van der Waals surface area contributed by atoms with Gasteiger partial charge in [0.1, 0.15) is 0 Å². The molecule has 1 unspecified atom stereocenters. The van der Waals surface area contributed by atoms with Crippen LogP contribution in [-0.2, 0) is 0 Å². The molecule has 1 nitrogen and oxygen atoms in total. The molecule has 1 atom stereocenters. The normalized spacial score (nSPS) is 13.6. The molecule has 1 heteroatoms. The molecular weight excluding hydrogens is 170 g/mol. The Bertz CT molecular complexity index is 282. The van der Waals surface area contributed by atoms with Crippen LogP contribution in [0.25, 0.3) is 0 Å². The molecular formula is C13H19N. The van der Waals surface area contributed by atoms with E-state index in [-0.39, 0.29) is 5.54 Å². The van der Waals surface area contributed by atoms with Crippen LogP contribution < -0.4 is 5.73 Å². The SMILES string of the molecule is C=CC(CC(C)(C)N)c1ccccc1. The largest absolute Gasteiger partial charge is 0.326 e. The van der Waals surface area contributed by atoms with Crippen molar-refractivity contribution >= 4 is 0 Å². The molecule has 0 saturated heterocycles. The minimum atomic E-state index is -0.144. The Labute approximate surface area is 86.6 Å². The van der Waals surface area contributed by atoms with E-state index in [1.807, 2.05) is 26.0 Å². The zero-order valence-corrected chi connectivity index (χ0v) is 9.03. The Hall–Kier alpha value is -1.08. The second kappa shape index (κ2) is 4.43. The lowest BCUT2D eigenvalue weighted by Crippen LogP contribution is -2.33. The molecule has 1 aromatic carbocycles. The van der Waals surface area contributed by atoms with Crippen molar-refractivity contribution in [2.45, 2.75) is 31.7 Å². The minimum absolute atomic E-state index is 0.144. The molecule has 0 radical (unpaired) electrons. The highest BCUT2D eigenvalue weighted by Crippen LogP contribution is 2.25. The van der Waals surface area contributed by atoms with Crippen molar-refractivity contribution in [3.05, 3.63) is 48.6 Å². The van der Waals surface area contributed by atoms with Gasteiger partial charge < -0.3 is 5.73 Å². The summed E-state index contributed by atoms with van der Waals surface area (Å²) in [4.78, 5) is 0. The first-order valence-corrected chi connectivity index (χ1v) is 4.99. The lowest BCUT2D eigenvalue weighted by molar-refractivity contribution is 0.454. The molecule has 0 heterocycles. The molecule has 2 N–H and O–H groups in total. The van der Waals surface area contributed by atoms with Gasteiger partial charge in [-0.25, -0.2) is 0 Å². The summed E-state index contributed by atoms with van der Waals surface area (Å²) in [6.07, 6.45) is 2.91. The highest BCUT2D eigenvalue weighted by atomic mass is 14.7. The second-order valence-corrected chi connectivity index (χ2v) is 4.45. The summed E-state index contributed by atoms with van der Waals surface area (Å²) in [6, 6.07) is 10.4. The number of rotatable bonds is 4. The number of nitrogens with two attached hydrogens (primary N) is 1. The van der Waals surface area contributed by atoms with Crippen molar-refractivity contribution in [2.24, 2.45) is 5.73 Å². The fraction of sp³-hybridized carbons (Fsp3) is 0.385. The van der Waals surface area contributed by atoms with E-state index < -0.39 is 0 Å². The first-order chi connectivity index (χ1) is 6.53. The molecule has 0 aliphatic heterocycles. The van der Waals surface area contributed by atoms with E-state index in [2.05, 4.69) is 30.8 Å². The van der Waals surface area contributed by atoms with Gasteiger partial charge in [0.15, 0.2) is 0 Å². The third-order valence-corrected chi connectivity index (χ3v) is 2.26. The van der Waals surface area contributed by atoms with Crippen LogP contribution in [0.4, 0.5) is 0 Å². The topological polar surface area (TPSA) is 26.0 Å². The molecule has 1 rings (SSSR count). The molecule has 0 amide bonds. The quantitative estimate of drug-likeness (QED) is 0.724. The summed E-state index contributed by atoms with van der Waals surface area (Å²) < 4.78 is 0. The van der Waals surface area contributed by atoms with Crippen LogP contribution in [0.1, 0.15) is 31.7 Å². The Morgan fingerprint density at radius 3 is 2.36 bits per heavy atom. The number of hydrogen-bond donors (Lipinski definition) is 1. The van der Waals surface area contributed by atoms with E-state index in [0.29, 0.717) is 5.92 Å². The summed E-state index contributed by atoms with van der Waals surface area (Å²) >= 11 is 0. The summed E-state index contributed by atoms with van der Waals surface area (Å²) in [5.74, 6) is 0.358. The third-order valence-electron chi connectivity index (χ3n) is 2.26. The molecule has 0 aliphatic rings. The van der Waals surface area contributed by atoms with Gasteiger partial charge in [-0.05, 0) is 25.8 Å². The van der Waals surface area contributed by atoms with Crippen molar-refractivity contribution in [1.82, 2.24) is 0 Å². The molecule has 0 fully saturated rings. The van der Waals surface area contributed by atoms with Gasteiger partial charge in [-0.2, -0.15) is 0 Å². The lowest BCUT2D eigenvalue weighted by Gasteiger charge is -2.24. The van der Waals surface area contributed by atoms with Gasteiger partial charge in [0.25, 0.3) is 0 Å². The Morgan fingerprint density at radius 2 is 1.93 bits per heavy atom. The van der Waals surface area contributed by atoms with Crippen molar-refractivity contribution < 1.29 is 0 Å². The molecule has 0 aliphatic carbocycles. The van der Waals surface area contributed by atoms with Crippen molar-refractivity contribution in [2.75, 3.05) is 0 Å². The van der Waals surface area contributed by atoms with E-state index >= 15 is 0 Å². The first-order valence-electron chi connectivity index (χ1n) is 4.99. The van der Waals surface area contributed by atoms with Crippen LogP contribution in [0.2, 0.25) is 0 Å². The molecule has 0 spiro atoms. The predicted octanol–water partition coefficient (Wildman–Crippen LogP) is 3.08. The third kappa shape index (κ3) is 3.35. The van der Waals surface area contributed by atoms with Crippen LogP contribution in [0.15, 0.2) is 43.0 Å². The van der Waals surface area contributed by atoms with Crippen LogP contribution in [0, 0.1) is 0 Å². The van der Waals surface area contributed by atoms with Gasteiger partial charge in [-0.3, -0.25) is 0 Å². The maximum absolute atomic E-state index is 6.00. The lowest BCUT2D eigenvalue weighted by atomic mass is 9.87. The Kier molecular flexibility index (Phi) is 3.48. The van der Waals surface area contributed by atoms with Crippen LogP contribution in [0.3, 0.4) is 0 Å². The minimum Gasteiger partial charge on any atom is -0.326 e. The first kappa shape index (κ1) is 11.0. The van der Waals surface area contributed by atoms with Crippen LogP contribution in [-0.4, -0.2) is 5.54 Å². The zero-order chi connectivity index (χ0) is 10.6. The molecule has 0 bridgehead atoms. The Morgan fingerprint density at radius 1 is 1.36 bits per heavy atom. The van der Waals surface area contributed by atoms with Gasteiger partial charge in [0.2, 0.25) is 0 Å². The van der Waals surface area contributed by atoms with Gasteiger partial charge in [0.05, 0.1) is 0 Å². The number of allylic oxidation sites excluding steroid dienone is 1. The second-order valence-electron chi connectivity index (χ2n) is 4.45. The monoisotopic (exact) mass is 189 g/mol. The maximum atomic E-state index is 6.00. The van der Waals surface area contributed by atoms with Crippen molar-refractivity contribution in [3.8, 4) is 0 Å². The van der Waals surface area contributed by atoms with Crippen molar-refractivity contribution in [3.63, 3.8) is 0 Å². The summed E-state index contributed by atoms with van der Waals surface area (Å²) in [5, 5.41) is 0. The maximum Gasteiger partial charge on any atom is 0.0106 e. The zero-order valence-electron chi connectivity index (χ0n) is 9.03. The number of hydrogen-bond acceptors (Lipinski definition) is 1. The van der Waals surface area contributed by atoms with Gasteiger partial charge in [-0.1, -0.05) is 36.4 Å². The van der Waals surface area contributed by atoms with Crippen molar-refractivity contribution in [1.29, 1.82) is 0 Å². The average Bonchev–Trinajstić information content (AvgIpc) is 2.14. The Balaban J connectivity index is 2.78. The molecule has 1 aromatic rings. The molecule has 76 valence electrons. The van der Waals surface area contributed by atoms with Crippen LogP contribution >= 0.6 is 0 Å². The fourth-order valence-electron chi connectivity index (χ4n) is 1.60. The molecule has 0 aromatic heterocycles. The summed E-state index contributed by atoms with van der Waals surface area (Å²) in [5.41, 5.74) is 7.15. The highest BCUT2D eigenvalue weighted by molar-refractivity contribution is 5.23. The standard InChI is InChI=1S/C13H19N/c1-4-11(10-13(2,3)14)12-8-6-5-7-9-12/h4-9,11H,1,10,14H2,2-3H3. The van der Waals surface area contributed by atoms with E-state index in [0.717, 1.165) is 6.42 Å². The molecule has 14 heavy (non-hydrogen) atoms. The summed E-state index contributed by atoms with van der Waals surface area (Å²) in [6.45, 7) is 7.96. The smallest absolute Gasteiger partial charge is 0.0106 e. The predicted molar refractivity (Wildman–Crippen MR) is 62.3 cm³/mol. The summed E-state index contributed by atoms with van der Waals surface area (Å²) in [7, 11) is 0. The molecule has 0 saturated carbocycles. The number of benzene rings is 1. The van der Waals surface area contributed by atoms with E-state index in [1.165, 1.54) is 5.56 Å².